The first kappa shape index (κ1) is 9.65. The summed E-state index contributed by atoms with van der Waals surface area (Å²) in [5.74, 6) is -0.301. The van der Waals surface area contributed by atoms with Crippen LogP contribution in [0.15, 0.2) is 36.5 Å². The Kier molecular flexibility index (Phi) is 2.63. The zero-order valence-corrected chi connectivity index (χ0v) is 8.43. The van der Waals surface area contributed by atoms with E-state index in [1.165, 1.54) is 0 Å². The lowest BCUT2D eigenvalue weighted by Crippen LogP contribution is -2.04. The molecule has 2 rings (SSSR count). The molecule has 1 aromatic carbocycles. The van der Waals surface area contributed by atoms with E-state index in [-0.39, 0.29) is 5.97 Å². The van der Waals surface area contributed by atoms with Gasteiger partial charge in [-0.25, -0.2) is 4.79 Å². The average molecular weight is 201 g/mol. The number of carbonyl (C=O) groups excluding carboxylic acids is 1. The maximum Gasteiger partial charge on any atom is 0.338 e. The number of benzene rings is 1. The molecule has 0 atom stereocenters. The molecule has 3 nitrogen and oxygen atoms in total. The monoisotopic (exact) mass is 201 g/mol. The van der Waals surface area contributed by atoms with Crippen molar-refractivity contribution in [2.24, 2.45) is 0 Å². The normalized spacial score (nSPS) is 10.2. The van der Waals surface area contributed by atoms with Gasteiger partial charge in [-0.2, -0.15) is 0 Å². The van der Waals surface area contributed by atoms with E-state index in [0.29, 0.717) is 12.2 Å². The summed E-state index contributed by atoms with van der Waals surface area (Å²) < 4.78 is 4.91. The van der Waals surface area contributed by atoms with E-state index in [9.17, 15) is 4.79 Å². The fraction of sp³-hybridized carbons (Fsp3) is 0.167. The van der Waals surface area contributed by atoms with Crippen molar-refractivity contribution in [3.05, 3.63) is 42.1 Å². The zero-order chi connectivity index (χ0) is 10.7. The molecule has 0 radical (unpaired) electrons. The Labute approximate surface area is 87.7 Å². The number of ether oxygens (including phenoxy) is 1. The summed E-state index contributed by atoms with van der Waals surface area (Å²) in [6.45, 7) is 2.18. The third-order valence-corrected chi connectivity index (χ3v) is 2.12. The number of aromatic nitrogens is 1. The lowest BCUT2D eigenvalue weighted by molar-refractivity contribution is 0.0526. The van der Waals surface area contributed by atoms with Gasteiger partial charge in [0.25, 0.3) is 0 Å². The van der Waals surface area contributed by atoms with Gasteiger partial charge in [0, 0.05) is 11.6 Å². The topological polar surface area (TPSA) is 39.2 Å². The lowest BCUT2D eigenvalue weighted by atomic mass is 10.1. The largest absolute Gasteiger partial charge is 0.462 e. The molecular weight excluding hydrogens is 190 g/mol. The number of rotatable bonds is 2. The van der Waals surface area contributed by atoms with Gasteiger partial charge in [0.05, 0.1) is 17.7 Å². The predicted octanol–water partition coefficient (Wildman–Crippen LogP) is 2.41. The van der Waals surface area contributed by atoms with Gasteiger partial charge in [-0.15, -0.1) is 0 Å². The smallest absolute Gasteiger partial charge is 0.338 e. The molecule has 0 saturated heterocycles. The van der Waals surface area contributed by atoms with Crippen LogP contribution >= 0.6 is 0 Å². The first-order valence-electron chi connectivity index (χ1n) is 4.83. The molecule has 0 N–H and O–H groups in total. The van der Waals surface area contributed by atoms with Crippen LogP contribution in [-0.4, -0.2) is 17.6 Å². The lowest BCUT2D eigenvalue weighted by Gasteiger charge is -2.02. The van der Waals surface area contributed by atoms with Gasteiger partial charge in [-0.1, -0.05) is 12.1 Å². The molecule has 0 unspecified atom stereocenters. The molecule has 0 saturated carbocycles. The van der Waals surface area contributed by atoms with Crippen LogP contribution < -0.4 is 0 Å². The minimum Gasteiger partial charge on any atom is -0.462 e. The number of pyridine rings is 1. The van der Waals surface area contributed by atoms with E-state index in [4.69, 9.17) is 4.74 Å². The van der Waals surface area contributed by atoms with E-state index >= 15 is 0 Å². The van der Waals surface area contributed by atoms with Crippen molar-refractivity contribution in [2.75, 3.05) is 6.61 Å². The summed E-state index contributed by atoms with van der Waals surface area (Å²) in [4.78, 5) is 15.6. The summed E-state index contributed by atoms with van der Waals surface area (Å²) >= 11 is 0. The Morgan fingerprint density at radius 1 is 1.40 bits per heavy atom. The summed E-state index contributed by atoms with van der Waals surface area (Å²) in [6, 6.07) is 9.19. The molecule has 1 aromatic heterocycles. The fourth-order valence-corrected chi connectivity index (χ4v) is 1.41. The van der Waals surface area contributed by atoms with Gasteiger partial charge in [0.15, 0.2) is 0 Å². The van der Waals surface area contributed by atoms with E-state index < -0.39 is 0 Å². The van der Waals surface area contributed by atoms with Crippen molar-refractivity contribution >= 4 is 16.9 Å². The summed E-state index contributed by atoms with van der Waals surface area (Å²) in [5.41, 5.74) is 1.35. The Morgan fingerprint density at radius 3 is 3.07 bits per heavy atom. The molecule has 15 heavy (non-hydrogen) atoms. The number of carbonyl (C=O) groups is 1. The first-order valence-corrected chi connectivity index (χ1v) is 4.83. The van der Waals surface area contributed by atoms with E-state index in [2.05, 4.69) is 4.98 Å². The third kappa shape index (κ3) is 1.96. The quantitative estimate of drug-likeness (QED) is 0.700. The molecule has 3 heteroatoms. The summed E-state index contributed by atoms with van der Waals surface area (Å²) in [5, 5.41) is 1.02. The Bertz CT molecular complexity index is 494. The molecule has 0 amide bonds. The molecule has 0 fully saturated rings. The second kappa shape index (κ2) is 4.09. The van der Waals surface area contributed by atoms with Gasteiger partial charge in [-0.3, -0.25) is 4.98 Å². The molecule has 1 heterocycles. The molecule has 0 spiro atoms. The Balaban J connectivity index is 2.42. The van der Waals surface area contributed by atoms with Crippen LogP contribution in [0, 0.1) is 0 Å². The molecular formula is C12H11NO2. The van der Waals surface area contributed by atoms with E-state index in [0.717, 1.165) is 10.9 Å². The highest BCUT2D eigenvalue weighted by Gasteiger charge is 2.06. The van der Waals surface area contributed by atoms with Gasteiger partial charge >= 0.3 is 5.97 Å². The molecule has 0 aliphatic heterocycles. The van der Waals surface area contributed by atoms with Crippen molar-refractivity contribution in [1.82, 2.24) is 4.98 Å². The first-order chi connectivity index (χ1) is 7.31. The molecule has 0 aliphatic carbocycles. The Morgan fingerprint density at radius 2 is 2.27 bits per heavy atom. The second-order valence-corrected chi connectivity index (χ2v) is 3.13. The van der Waals surface area contributed by atoms with Crippen LogP contribution in [-0.2, 0) is 4.74 Å². The standard InChI is InChI=1S/C12H11NO2/c1-2-15-12(14)10-6-5-9-4-3-7-13-11(9)8-10/h3-8H,2H2,1H3. The summed E-state index contributed by atoms with van der Waals surface area (Å²) in [6.07, 6.45) is 1.71. The zero-order valence-electron chi connectivity index (χ0n) is 8.43. The molecule has 0 aliphatic rings. The Hall–Kier alpha value is -1.90. The van der Waals surface area contributed by atoms with Crippen LogP contribution in [0.3, 0.4) is 0 Å². The highest BCUT2D eigenvalue weighted by molar-refractivity contribution is 5.94. The van der Waals surface area contributed by atoms with Crippen LogP contribution in [0.1, 0.15) is 17.3 Å². The van der Waals surface area contributed by atoms with Crippen molar-refractivity contribution in [3.63, 3.8) is 0 Å². The highest BCUT2D eigenvalue weighted by Crippen LogP contribution is 2.13. The number of hydrogen-bond donors (Lipinski definition) is 0. The number of hydrogen-bond acceptors (Lipinski definition) is 3. The SMILES string of the molecule is CCOC(=O)c1ccc2cccnc2c1. The van der Waals surface area contributed by atoms with Crippen molar-refractivity contribution < 1.29 is 9.53 Å². The average Bonchev–Trinajstić information content (AvgIpc) is 2.29. The van der Waals surface area contributed by atoms with Gasteiger partial charge in [0.2, 0.25) is 0 Å². The maximum absolute atomic E-state index is 11.4. The number of fused-ring (bicyclic) bond motifs is 1. The van der Waals surface area contributed by atoms with Crippen molar-refractivity contribution in [3.8, 4) is 0 Å². The fourth-order valence-electron chi connectivity index (χ4n) is 1.41. The van der Waals surface area contributed by atoms with Gasteiger partial charge in [0.1, 0.15) is 0 Å². The van der Waals surface area contributed by atoms with Gasteiger partial charge in [-0.05, 0) is 25.1 Å². The van der Waals surface area contributed by atoms with Crippen LogP contribution in [0.4, 0.5) is 0 Å². The molecule has 0 bridgehead atoms. The second-order valence-electron chi connectivity index (χ2n) is 3.13. The number of esters is 1. The predicted molar refractivity (Wildman–Crippen MR) is 57.7 cm³/mol. The van der Waals surface area contributed by atoms with E-state index in [1.54, 1.807) is 25.3 Å². The minimum absolute atomic E-state index is 0.301. The minimum atomic E-state index is -0.301. The highest BCUT2D eigenvalue weighted by atomic mass is 16.5. The van der Waals surface area contributed by atoms with Crippen LogP contribution in [0.2, 0.25) is 0 Å². The van der Waals surface area contributed by atoms with E-state index in [1.807, 2.05) is 18.2 Å². The van der Waals surface area contributed by atoms with Crippen LogP contribution in [0.25, 0.3) is 10.9 Å². The van der Waals surface area contributed by atoms with Crippen molar-refractivity contribution in [1.29, 1.82) is 0 Å². The maximum atomic E-state index is 11.4. The molecule has 2 aromatic rings. The molecule has 76 valence electrons. The van der Waals surface area contributed by atoms with Crippen molar-refractivity contribution in [2.45, 2.75) is 6.92 Å². The number of nitrogens with zero attached hydrogens (tertiary/aromatic N) is 1. The van der Waals surface area contributed by atoms with Gasteiger partial charge < -0.3 is 4.74 Å². The third-order valence-electron chi connectivity index (χ3n) is 2.12. The van der Waals surface area contributed by atoms with Crippen LogP contribution in [0.5, 0.6) is 0 Å². The summed E-state index contributed by atoms with van der Waals surface area (Å²) in [7, 11) is 0.